The van der Waals surface area contributed by atoms with Crippen LogP contribution in [-0.4, -0.2) is 61.4 Å². The fourth-order valence-electron chi connectivity index (χ4n) is 2.50. The van der Waals surface area contributed by atoms with Gasteiger partial charge in [-0.25, -0.2) is 14.0 Å². The molecular formula is C16H22FN3O4. The van der Waals surface area contributed by atoms with Crippen molar-refractivity contribution in [1.82, 2.24) is 10.2 Å². The molecule has 2 rings (SSSR count). The quantitative estimate of drug-likeness (QED) is 0.701. The molecule has 0 radical (unpaired) electrons. The van der Waals surface area contributed by atoms with Crippen LogP contribution in [0.5, 0.6) is 0 Å². The number of rotatable bonds is 5. The second-order valence-corrected chi connectivity index (χ2v) is 5.64. The Morgan fingerprint density at radius 1 is 1.38 bits per heavy atom. The van der Waals surface area contributed by atoms with Crippen molar-refractivity contribution in [2.75, 3.05) is 38.6 Å². The first-order chi connectivity index (χ1) is 11.5. The molecule has 3 N–H and O–H groups in total. The molecule has 0 bridgehead atoms. The van der Waals surface area contributed by atoms with E-state index in [1.54, 1.807) is 0 Å². The number of urea groups is 1. The summed E-state index contributed by atoms with van der Waals surface area (Å²) in [7, 11) is 1.21. The molecule has 1 fully saturated rings. The summed E-state index contributed by atoms with van der Waals surface area (Å²) in [6, 6.07) is 3.19. The average molecular weight is 339 g/mol. The van der Waals surface area contributed by atoms with E-state index in [-0.39, 0.29) is 17.4 Å². The second kappa shape index (κ2) is 8.60. The zero-order valence-electron chi connectivity index (χ0n) is 13.5. The topological polar surface area (TPSA) is 90.9 Å². The summed E-state index contributed by atoms with van der Waals surface area (Å²) in [5.74, 6) is -1.35. The molecule has 0 unspecified atom stereocenters. The molecule has 0 spiro atoms. The third kappa shape index (κ3) is 5.17. The van der Waals surface area contributed by atoms with Crippen LogP contribution in [0.25, 0.3) is 0 Å². The molecule has 1 heterocycles. The van der Waals surface area contributed by atoms with Crippen molar-refractivity contribution in [3.63, 3.8) is 0 Å². The van der Waals surface area contributed by atoms with E-state index >= 15 is 0 Å². The Kier molecular flexibility index (Phi) is 6.51. The lowest BCUT2D eigenvalue weighted by molar-refractivity contribution is 0.0600. The Morgan fingerprint density at radius 2 is 2.08 bits per heavy atom. The number of esters is 1. The number of piperidine rings is 1. The molecule has 24 heavy (non-hydrogen) atoms. The SMILES string of the molecule is COC(=O)c1ccc(NC(=O)NCCN2CCC(O)CC2)c(F)c1. The third-order valence-corrected chi connectivity index (χ3v) is 3.91. The summed E-state index contributed by atoms with van der Waals surface area (Å²) in [6.07, 6.45) is 1.25. The van der Waals surface area contributed by atoms with Crippen LogP contribution in [0.4, 0.5) is 14.9 Å². The fraction of sp³-hybridized carbons (Fsp3) is 0.500. The number of amides is 2. The Bertz CT molecular complexity index is 589. The molecule has 1 saturated heterocycles. The van der Waals surface area contributed by atoms with E-state index in [1.807, 2.05) is 0 Å². The van der Waals surface area contributed by atoms with Gasteiger partial charge >= 0.3 is 12.0 Å². The van der Waals surface area contributed by atoms with Gasteiger partial charge < -0.3 is 25.4 Å². The molecule has 0 saturated carbocycles. The van der Waals surface area contributed by atoms with Gasteiger partial charge in [0, 0.05) is 26.2 Å². The van der Waals surface area contributed by atoms with Gasteiger partial charge in [0.2, 0.25) is 0 Å². The zero-order chi connectivity index (χ0) is 17.5. The molecule has 1 aromatic carbocycles. The van der Waals surface area contributed by atoms with Crippen molar-refractivity contribution in [3.05, 3.63) is 29.6 Å². The number of carbonyl (C=O) groups is 2. The minimum Gasteiger partial charge on any atom is -0.465 e. The van der Waals surface area contributed by atoms with E-state index in [9.17, 15) is 19.1 Å². The molecule has 7 nitrogen and oxygen atoms in total. The highest BCUT2D eigenvalue weighted by molar-refractivity contribution is 5.92. The highest BCUT2D eigenvalue weighted by Crippen LogP contribution is 2.16. The first kappa shape index (κ1) is 18.2. The van der Waals surface area contributed by atoms with Gasteiger partial charge in [-0.1, -0.05) is 0 Å². The zero-order valence-corrected chi connectivity index (χ0v) is 13.5. The molecule has 132 valence electrons. The van der Waals surface area contributed by atoms with Gasteiger partial charge in [-0.05, 0) is 31.0 Å². The van der Waals surface area contributed by atoms with Crippen LogP contribution in [0.1, 0.15) is 23.2 Å². The average Bonchev–Trinajstić information content (AvgIpc) is 2.57. The minimum atomic E-state index is -0.710. The maximum atomic E-state index is 13.9. The van der Waals surface area contributed by atoms with Crippen molar-refractivity contribution >= 4 is 17.7 Å². The summed E-state index contributed by atoms with van der Waals surface area (Å²) in [5.41, 5.74) is 0.0643. The van der Waals surface area contributed by atoms with Gasteiger partial charge in [0.15, 0.2) is 0 Å². The monoisotopic (exact) mass is 339 g/mol. The number of hydrogen-bond donors (Lipinski definition) is 3. The van der Waals surface area contributed by atoms with Gasteiger partial charge in [0.05, 0.1) is 24.5 Å². The normalized spacial score (nSPS) is 15.8. The van der Waals surface area contributed by atoms with Crippen LogP contribution < -0.4 is 10.6 Å². The van der Waals surface area contributed by atoms with E-state index in [0.29, 0.717) is 13.1 Å². The maximum Gasteiger partial charge on any atom is 0.337 e. The first-order valence-corrected chi connectivity index (χ1v) is 7.82. The number of aliphatic hydroxyl groups is 1. The van der Waals surface area contributed by atoms with E-state index in [4.69, 9.17) is 0 Å². The highest BCUT2D eigenvalue weighted by atomic mass is 19.1. The number of likely N-dealkylation sites (tertiary alicyclic amines) is 1. The number of halogens is 1. The number of carbonyl (C=O) groups excluding carboxylic acids is 2. The lowest BCUT2D eigenvalue weighted by Crippen LogP contribution is -2.41. The number of nitrogens with one attached hydrogen (secondary N) is 2. The maximum absolute atomic E-state index is 13.9. The number of hydrogen-bond acceptors (Lipinski definition) is 5. The summed E-state index contributed by atoms with van der Waals surface area (Å²) >= 11 is 0. The van der Waals surface area contributed by atoms with Crippen molar-refractivity contribution in [2.24, 2.45) is 0 Å². The lowest BCUT2D eigenvalue weighted by atomic mass is 10.1. The smallest absolute Gasteiger partial charge is 0.337 e. The number of ether oxygens (including phenoxy) is 1. The number of anilines is 1. The Hall–Kier alpha value is -2.19. The van der Waals surface area contributed by atoms with Crippen LogP contribution in [0, 0.1) is 5.82 Å². The minimum absolute atomic E-state index is 0.0127. The van der Waals surface area contributed by atoms with Crippen molar-refractivity contribution in [3.8, 4) is 0 Å². The lowest BCUT2D eigenvalue weighted by Gasteiger charge is -2.29. The van der Waals surface area contributed by atoms with E-state index in [0.717, 1.165) is 32.0 Å². The number of benzene rings is 1. The summed E-state index contributed by atoms with van der Waals surface area (Å²) < 4.78 is 18.4. The standard InChI is InChI=1S/C16H22FN3O4/c1-24-15(22)11-2-3-14(13(17)10-11)19-16(23)18-6-9-20-7-4-12(21)5-8-20/h2-3,10,12,21H,4-9H2,1H3,(H2,18,19,23). The van der Waals surface area contributed by atoms with E-state index in [2.05, 4.69) is 20.3 Å². The third-order valence-electron chi connectivity index (χ3n) is 3.91. The summed E-state index contributed by atoms with van der Waals surface area (Å²) in [5, 5.41) is 14.5. The number of aliphatic hydroxyl groups excluding tert-OH is 1. The van der Waals surface area contributed by atoms with Gasteiger partial charge in [-0.2, -0.15) is 0 Å². The molecular weight excluding hydrogens is 317 g/mol. The fourth-order valence-corrected chi connectivity index (χ4v) is 2.50. The van der Waals surface area contributed by atoms with Gasteiger partial charge in [0.25, 0.3) is 0 Å². The number of nitrogens with zero attached hydrogens (tertiary/aromatic N) is 1. The summed E-state index contributed by atoms with van der Waals surface area (Å²) in [4.78, 5) is 25.2. The van der Waals surface area contributed by atoms with E-state index < -0.39 is 17.8 Å². The van der Waals surface area contributed by atoms with Crippen LogP contribution >= 0.6 is 0 Å². The predicted octanol–water partition coefficient (Wildman–Crippen LogP) is 1.19. The van der Waals surface area contributed by atoms with Crippen molar-refractivity contribution in [1.29, 1.82) is 0 Å². The highest BCUT2D eigenvalue weighted by Gasteiger charge is 2.16. The second-order valence-electron chi connectivity index (χ2n) is 5.64. The molecule has 1 aliphatic rings. The van der Waals surface area contributed by atoms with Crippen molar-refractivity contribution in [2.45, 2.75) is 18.9 Å². The van der Waals surface area contributed by atoms with E-state index in [1.165, 1.54) is 19.2 Å². The Labute approximate surface area is 139 Å². The predicted molar refractivity (Wildman–Crippen MR) is 86.4 cm³/mol. The molecule has 1 aromatic rings. The molecule has 0 aromatic heterocycles. The number of methoxy groups -OCH3 is 1. The molecule has 1 aliphatic heterocycles. The van der Waals surface area contributed by atoms with Crippen molar-refractivity contribution < 1.29 is 23.8 Å². The van der Waals surface area contributed by atoms with Crippen LogP contribution in [-0.2, 0) is 4.74 Å². The Balaban J connectivity index is 1.77. The van der Waals surface area contributed by atoms with Gasteiger partial charge in [-0.3, -0.25) is 0 Å². The van der Waals surface area contributed by atoms with Gasteiger partial charge in [0.1, 0.15) is 5.82 Å². The first-order valence-electron chi connectivity index (χ1n) is 7.82. The molecule has 0 atom stereocenters. The Morgan fingerprint density at radius 3 is 2.71 bits per heavy atom. The van der Waals surface area contributed by atoms with Gasteiger partial charge in [-0.15, -0.1) is 0 Å². The van der Waals surface area contributed by atoms with Crippen LogP contribution in [0.15, 0.2) is 18.2 Å². The molecule has 0 aliphatic carbocycles. The molecule has 2 amide bonds. The largest absolute Gasteiger partial charge is 0.465 e. The van der Waals surface area contributed by atoms with Crippen LogP contribution in [0.2, 0.25) is 0 Å². The summed E-state index contributed by atoms with van der Waals surface area (Å²) in [6.45, 7) is 2.69. The van der Waals surface area contributed by atoms with Crippen LogP contribution in [0.3, 0.4) is 0 Å². The molecule has 8 heteroatoms.